The topological polar surface area (TPSA) is 81.9 Å². The molecular weight excluding hydrogens is 258 g/mol. The van der Waals surface area contributed by atoms with Crippen LogP contribution in [0.25, 0.3) is 11.4 Å². The van der Waals surface area contributed by atoms with Gasteiger partial charge < -0.3 is 10.1 Å². The third-order valence-electron chi connectivity index (χ3n) is 2.81. The number of tetrazole rings is 1. The summed E-state index contributed by atoms with van der Waals surface area (Å²) in [4.78, 5) is 12.0. The monoisotopic (exact) mass is 275 g/mol. The molecule has 0 radical (unpaired) electrons. The van der Waals surface area contributed by atoms with Gasteiger partial charge in [-0.2, -0.15) is 0 Å². The van der Waals surface area contributed by atoms with Crippen LogP contribution in [0.4, 0.5) is 0 Å². The maximum absolute atomic E-state index is 12.0. The lowest BCUT2D eigenvalue weighted by molar-refractivity contribution is 0.0937. The molecule has 1 N–H and O–H groups in total. The fourth-order valence-corrected chi connectivity index (χ4v) is 1.79. The Hall–Kier alpha value is -2.28. The molecule has 0 saturated heterocycles. The van der Waals surface area contributed by atoms with Crippen LogP contribution in [-0.2, 0) is 11.3 Å². The number of nitrogens with one attached hydrogen (secondary N) is 1. The van der Waals surface area contributed by atoms with E-state index in [2.05, 4.69) is 20.8 Å². The molecule has 0 bridgehead atoms. The first kappa shape index (κ1) is 14.1. The quantitative estimate of drug-likeness (QED) is 0.786. The van der Waals surface area contributed by atoms with Crippen LogP contribution in [0, 0.1) is 0 Å². The summed E-state index contributed by atoms with van der Waals surface area (Å²) in [7, 11) is 1.59. The third-order valence-corrected chi connectivity index (χ3v) is 2.81. The van der Waals surface area contributed by atoms with E-state index in [1.807, 2.05) is 19.1 Å². The second kappa shape index (κ2) is 6.76. The molecule has 106 valence electrons. The number of nitrogens with zero attached hydrogens (tertiary/aromatic N) is 4. The number of aromatic nitrogens is 4. The second-order valence-electron chi connectivity index (χ2n) is 4.15. The minimum Gasteiger partial charge on any atom is -0.383 e. The molecule has 2 rings (SSSR count). The van der Waals surface area contributed by atoms with Gasteiger partial charge in [-0.1, -0.05) is 12.1 Å². The summed E-state index contributed by atoms with van der Waals surface area (Å²) in [6.45, 7) is 3.60. The minimum atomic E-state index is -0.139. The molecule has 0 aliphatic carbocycles. The zero-order chi connectivity index (χ0) is 14.4. The molecule has 1 aromatic heterocycles. The van der Waals surface area contributed by atoms with Gasteiger partial charge in [-0.15, -0.1) is 5.10 Å². The number of aryl methyl sites for hydroxylation is 1. The van der Waals surface area contributed by atoms with Crippen molar-refractivity contribution in [2.75, 3.05) is 20.3 Å². The molecule has 1 amide bonds. The summed E-state index contributed by atoms with van der Waals surface area (Å²) < 4.78 is 6.58. The van der Waals surface area contributed by atoms with Gasteiger partial charge >= 0.3 is 0 Å². The number of amides is 1. The first-order valence-corrected chi connectivity index (χ1v) is 6.40. The van der Waals surface area contributed by atoms with Crippen LogP contribution in [-0.4, -0.2) is 46.4 Å². The van der Waals surface area contributed by atoms with Crippen molar-refractivity contribution < 1.29 is 9.53 Å². The fourth-order valence-electron chi connectivity index (χ4n) is 1.79. The lowest BCUT2D eigenvalue weighted by atomic mass is 10.1. The minimum absolute atomic E-state index is 0.139. The highest BCUT2D eigenvalue weighted by molar-refractivity contribution is 5.95. The molecule has 0 unspecified atom stereocenters. The average molecular weight is 275 g/mol. The molecule has 1 aromatic carbocycles. The van der Waals surface area contributed by atoms with Crippen LogP contribution in [0.5, 0.6) is 0 Å². The highest BCUT2D eigenvalue weighted by atomic mass is 16.5. The SMILES string of the molecule is CCn1nnnc1-c1cccc(C(=O)NCCOC)c1. The maximum Gasteiger partial charge on any atom is 0.251 e. The fraction of sp³-hybridized carbons (Fsp3) is 0.385. The van der Waals surface area contributed by atoms with Crippen molar-refractivity contribution >= 4 is 5.91 Å². The summed E-state index contributed by atoms with van der Waals surface area (Å²) in [5, 5.41) is 14.3. The van der Waals surface area contributed by atoms with E-state index in [-0.39, 0.29) is 5.91 Å². The lowest BCUT2D eigenvalue weighted by Gasteiger charge is -2.06. The predicted molar refractivity (Wildman–Crippen MR) is 73.1 cm³/mol. The van der Waals surface area contributed by atoms with Crippen molar-refractivity contribution in [1.29, 1.82) is 0 Å². The Balaban J connectivity index is 2.18. The molecule has 1 heterocycles. The third kappa shape index (κ3) is 3.18. The van der Waals surface area contributed by atoms with Crippen molar-refractivity contribution in [3.05, 3.63) is 29.8 Å². The number of benzene rings is 1. The van der Waals surface area contributed by atoms with E-state index < -0.39 is 0 Å². The van der Waals surface area contributed by atoms with E-state index in [0.29, 0.717) is 31.1 Å². The van der Waals surface area contributed by atoms with Crippen LogP contribution >= 0.6 is 0 Å². The van der Waals surface area contributed by atoms with Crippen LogP contribution in [0.15, 0.2) is 24.3 Å². The standard InChI is InChI=1S/C13H17N5O2/c1-3-18-12(15-16-17-18)10-5-4-6-11(9-10)13(19)14-7-8-20-2/h4-6,9H,3,7-8H2,1-2H3,(H,14,19). The van der Waals surface area contributed by atoms with Crippen molar-refractivity contribution in [3.63, 3.8) is 0 Å². The Bertz CT molecular complexity index is 582. The van der Waals surface area contributed by atoms with E-state index in [0.717, 1.165) is 5.56 Å². The molecule has 7 nitrogen and oxygen atoms in total. The molecule has 0 saturated carbocycles. The van der Waals surface area contributed by atoms with Gasteiger partial charge in [-0.3, -0.25) is 4.79 Å². The van der Waals surface area contributed by atoms with Gasteiger partial charge in [0.2, 0.25) is 0 Å². The van der Waals surface area contributed by atoms with E-state index in [1.54, 1.807) is 23.9 Å². The molecule has 7 heteroatoms. The van der Waals surface area contributed by atoms with Crippen molar-refractivity contribution in [1.82, 2.24) is 25.5 Å². The van der Waals surface area contributed by atoms with Gasteiger partial charge in [0.1, 0.15) is 0 Å². The van der Waals surface area contributed by atoms with Crippen molar-refractivity contribution in [2.45, 2.75) is 13.5 Å². The lowest BCUT2D eigenvalue weighted by Crippen LogP contribution is -2.26. The Morgan fingerprint density at radius 1 is 1.45 bits per heavy atom. The Labute approximate surface area is 116 Å². The number of methoxy groups -OCH3 is 1. The zero-order valence-corrected chi connectivity index (χ0v) is 11.5. The van der Waals surface area contributed by atoms with Crippen LogP contribution in [0.2, 0.25) is 0 Å². The number of ether oxygens (including phenoxy) is 1. The number of rotatable bonds is 6. The average Bonchev–Trinajstić information content (AvgIpc) is 2.96. The number of carbonyl (C=O) groups is 1. The predicted octanol–water partition coefficient (Wildman–Crippen LogP) is 0.736. The van der Waals surface area contributed by atoms with Gasteiger partial charge in [-0.05, 0) is 29.5 Å². The Kier molecular flexibility index (Phi) is 4.78. The van der Waals surface area contributed by atoms with Crippen LogP contribution < -0.4 is 5.32 Å². The number of carbonyl (C=O) groups excluding carboxylic acids is 1. The summed E-state index contributed by atoms with van der Waals surface area (Å²) in [6, 6.07) is 7.23. The first-order valence-electron chi connectivity index (χ1n) is 6.40. The van der Waals surface area contributed by atoms with Gasteiger partial charge in [0, 0.05) is 31.3 Å². The van der Waals surface area contributed by atoms with Crippen LogP contribution in [0.1, 0.15) is 17.3 Å². The molecule has 0 atom stereocenters. The van der Waals surface area contributed by atoms with Crippen molar-refractivity contribution in [3.8, 4) is 11.4 Å². The molecule has 0 fully saturated rings. The Morgan fingerprint density at radius 3 is 3.05 bits per heavy atom. The van der Waals surface area contributed by atoms with Gasteiger partial charge in [0.15, 0.2) is 5.82 Å². The summed E-state index contributed by atoms with van der Waals surface area (Å²) in [6.07, 6.45) is 0. The number of hydrogen-bond donors (Lipinski definition) is 1. The molecule has 0 aliphatic rings. The van der Waals surface area contributed by atoms with E-state index >= 15 is 0 Å². The summed E-state index contributed by atoms with van der Waals surface area (Å²) in [5.74, 6) is 0.512. The Morgan fingerprint density at radius 2 is 2.30 bits per heavy atom. The molecular formula is C13H17N5O2. The van der Waals surface area contributed by atoms with Crippen LogP contribution in [0.3, 0.4) is 0 Å². The summed E-state index contributed by atoms with van der Waals surface area (Å²) in [5.41, 5.74) is 1.39. The van der Waals surface area contributed by atoms with Gasteiger partial charge in [0.05, 0.1) is 6.61 Å². The molecule has 0 aliphatic heterocycles. The van der Waals surface area contributed by atoms with Gasteiger partial charge in [0.25, 0.3) is 5.91 Å². The largest absolute Gasteiger partial charge is 0.383 e. The molecule has 2 aromatic rings. The second-order valence-corrected chi connectivity index (χ2v) is 4.15. The van der Waals surface area contributed by atoms with E-state index in [1.165, 1.54) is 0 Å². The maximum atomic E-state index is 12.0. The highest BCUT2D eigenvalue weighted by Crippen LogP contribution is 2.17. The molecule has 0 spiro atoms. The normalized spacial score (nSPS) is 10.5. The smallest absolute Gasteiger partial charge is 0.251 e. The summed E-state index contributed by atoms with van der Waals surface area (Å²) >= 11 is 0. The highest BCUT2D eigenvalue weighted by Gasteiger charge is 2.11. The van der Waals surface area contributed by atoms with E-state index in [9.17, 15) is 4.79 Å². The first-order chi connectivity index (χ1) is 9.76. The van der Waals surface area contributed by atoms with Gasteiger partial charge in [-0.25, -0.2) is 4.68 Å². The zero-order valence-electron chi connectivity index (χ0n) is 11.5. The molecule has 20 heavy (non-hydrogen) atoms. The van der Waals surface area contributed by atoms with E-state index in [4.69, 9.17) is 4.74 Å². The van der Waals surface area contributed by atoms with Crippen molar-refractivity contribution in [2.24, 2.45) is 0 Å². The number of hydrogen-bond acceptors (Lipinski definition) is 5.